The summed E-state index contributed by atoms with van der Waals surface area (Å²) in [5.74, 6) is -0.645. The molecule has 0 atom stereocenters. The summed E-state index contributed by atoms with van der Waals surface area (Å²) in [5.41, 5.74) is 0.896. The smallest absolute Gasteiger partial charge is 0.344 e. The molecule has 7 nitrogen and oxygen atoms in total. The van der Waals surface area contributed by atoms with Crippen LogP contribution in [-0.2, 0) is 32.9 Å². The molecule has 2 aromatic rings. The molecule has 0 aromatic heterocycles. The zero-order valence-corrected chi connectivity index (χ0v) is 16.6. The van der Waals surface area contributed by atoms with E-state index in [0.29, 0.717) is 11.3 Å². The van der Waals surface area contributed by atoms with Crippen molar-refractivity contribution in [3.63, 3.8) is 0 Å². The number of carbonyl (C=O) groups is 1. The van der Waals surface area contributed by atoms with Gasteiger partial charge in [0, 0.05) is 11.8 Å². The molecule has 29 heavy (non-hydrogen) atoms. The van der Waals surface area contributed by atoms with Crippen molar-refractivity contribution in [2.75, 3.05) is 7.11 Å². The van der Waals surface area contributed by atoms with Crippen LogP contribution >= 0.6 is 0 Å². The van der Waals surface area contributed by atoms with E-state index in [9.17, 15) is 17.6 Å². The van der Waals surface area contributed by atoms with Gasteiger partial charge in [-0.25, -0.2) is 9.18 Å². The third kappa shape index (κ3) is 4.80. The highest BCUT2D eigenvalue weighted by atomic mass is 32.2. The van der Waals surface area contributed by atoms with E-state index in [1.54, 1.807) is 30.3 Å². The molecule has 0 saturated heterocycles. The molecule has 0 radical (unpaired) electrons. The highest BCUT2D eigenvalue weighted by Crippen LogP contribution is 2.22. The molecule has 0 fully saturated rings. The van der Waals surface area contributed by atoms with Crippen LogP contribution in [0.1, 0.15) is 18.1 Å². The Labute approximate surface area is 168 Å². The van der Waals surface area contributed by atoms with Crippen molar-refractivity contribution in [2.24, 2.45) is 4.40 Å². The van der Waals surface area contributed by atoms with Gasteiger partial charge in [0.25, 0.3) is 0 Å². The summed E-state index contributed by atoms with van der Waals surface area (Å²) < 4.78 is 53.3. The van der Waals surface area contributed by atoms with Crippen molar-refractivity contribution < 1.29 is 27.1 Å². The first kappa shape index (κ1) is 20.5. The van der Waals surface area contributed by atoms with Crippen molar-refractivity contribution >= 4 is 21.9 Å². The zero-order chi connectivity index (χ0) is 21.0. The largest absolute Gasteiger partial charge is 0.497 e. The number of esters is 1. The summed E-state index contributed by atoms with van der Waals surface area (Å²) in [6.07, 6.45) is 1.19. The van der Waals surface area contributed by atoms with E-state index < -0.39 is 22.0 Å². The number of methoxy groups -OCH3 is 1. The standard InChI is InChI=1S/C20H19FN2O5S/c1-14-18(20(24)28-13-16-5-3-4-6-19(16)21)12-23(29(25,26)22-14)11-15-7-9-17(27-2)10-8-15/h3-10,12H,11,13H2,1-2H3. The predicted octanol–water partition coefficient (Wildman–Crippen LogP) is 2.98. The Morgan fingerprint density at radius 3 is 2.48 bits per heavy atom. The highest BCUT2D eigenvalue weighted by molar-refractivity contribution is 7.88. The van der Waals surface area contributed by atoms with Gasteiger partial charge in [0.1, 0.15) is 18.2 Å². The van der Waals surface area contributed by atoms with E-state index in [-0.39, 0.29) is 30.0 Å². The minimum Gasteiger partial charge on any atom is -0.497 e. The molecule has 9 heteroatoms. The number of nitrogens with zero attached hydrogens (tertiary/aromatic N) is 2. The van der Waals surface area contributed by atoms with Crippen molar-refractivity contribution in [2.45, 2.75) is 20.1 Å². The van der Waals surface area contributed by atoms with Crippen LogP contribution in [0.5, 0.6) is 5.75 Å². The molecule has 0 bridgehead atoms. The van der Waals surface area contributed by atoms with E-state index in [1.807, 2.05) is 0 Å². The molecule has 1 heterocycles. The van der Waals surface area contributed by atoms with E-state index in [4.69, 9.17) is 9.47 Å². The average Bonchev–Trinajstić information content (AvgIpc) is 2.69. The summed E-state index contributed by atoms with van der Waals surface area (Å²) in [5, 5.41) is 0. The van der Waals surface area contributed by atoms with Crippen molar-refractivity contribution in [1.29, 1.82) is 0 Å². The van der Waals surface area contributed by atoms with Gasteiger partial charge in [0.15, 0.2) is 0 Å². The number of hydrogen-bond donors (Lipinski definition) is 0. The number of benzene rings is 2. The summed E-state index contributed by atoms with van der Waals surface area (Å²) in [4.78, 5) is 12.5. The van der Waals surface area contributed by atoms with E-state index in [2.05, 4.69) is 4.40 Å². The van der Waals surface area contributed by atoms with Crippen LogP contribution in [0.4, 0.5) is 4.39 Å². The van der Waals surface area contributed by atoms with Crippen LogP contribution in [0, 0.1) is 5.82 Å². The van der Waals surface area contributed by atoms with Gasteiger partial charge < -0.3 is 9.47 Å². The molecule has 3 rings (SSSR count). The third-order valence-electron chi connectivity index (χ3n) is 4.25. The van der Waals surface area contributed by atoms with Gasteiger partial charge in [-0.3, -0.25) is 4.31 Å². The second kappa shape index (κ2) is 8.44. The topological polar surface area (TPSA) is 85.3 Å². The summed E-state index contributed by atoms with van der Waals surface area (Å²) in [6.45, 7) is 1.10. The van der Waals surface area contributed by atoms with E-state index in [0.717, 1.165) is 4.31 Å². The molecule has 0 unspecified atom stereocenters. The van der Waals surface area contributed by atoms with Crippen molar-refractivity contribution in [3.8, 4) is 5.75 Å². The lowest BCUT2D eigenvalue weighted by atomic mass is 10.2. The fraction of sp³-hybridized carbons (Fsp3) is 0.200. The van der Waals surface area contributed by atoms with Gasteiger partial charge in [0.2, 0.25) is 0 Å². The molecule has 0 N–H and O–H groups in total. The predicted molar refractivity (Wildman–Crippen MR) is 105 cm³/mol. The van der Waals surface area contributed by atoms with Crippen molar-refractivity contribution in [1.82, 2.24) is 4.31 Å². The highest BCUT2D eigenvalue weighted by Gasteiger charge is 2.29. The monoisotopic (exact) mass is 418 g/mol. The second-order valence-electron chi connectivity index (χ2n) is 6.26. The Kier molecular flexibility index (Phi) is 5.97. The molecule has 152 valence electrons. The number of ether oxygens (including phenoxy) is 2. The molecule has 0 spiro atoms. The van der Waals surface area contributed by atoms with E-state index in [1.165, 1.54) is 38.4 Å². The molecular weight excluding hydrogens is 399 g/mol. The van der Waals surface area contributed by atoms with Crippen molar-refractivity contribution in [3.05, 3.63) is 77.2 Å². The first-order valence-corrected chi connectivity index (χ1v) is 10.0. The Morgan fingerprint density at radius 2 is 1.83 bits per heavy atom. The number of halogens is 1. The first-order chi connectivity index (χ1) is 13.8. The summed E-state index contributed by atoms with van der Waals surface area (Å²) in [6, 6.07) is 12.7. The maximum absolute atomic E-state index is 13.7. The first-order valence-electron chi connectivity index (χ1n) is 8.64. The molecule has 0 saturated carbocycles. The van der Waals surface area contributed by atoms with Gasteiger partial charge in [-0.2, -0.15) is 8.42 Å². The fourth-order valence-corrected chi connectivity index (χ4v) is 3.75. The van der Waals surface area contributed by atoms with Crippen LogP contribution < -0.4 is 4.74 Å². The van der Waals surface area contributed by atoms with Crippen LogP contribution in [0.25, 0.3) is 0 Å². The quantitative estimate of drug-likeness (QED) is 0.674. The second-order valence-corrected chi connectivity index (χ2v) is 7.81. The van der Waals surface area contributed by atoms with Crippen LogP contribution in [-0.4, -0.2) is 31.5 Å². The molecular formula is C20H19FN2O5S. The Balaban J connectivity index is 1.78. The summed E-state index contributed by atoms with van der Waals surface area (Å²) >= 11 is 0. The van der Waals surface area contributed by atoms with Gasteiger partial charge >= 0.3 is 16.2 Å². The van der Waals surface area contributed by atoms with Crippen LogP contribution in [0.3, 0.4) is 0 Å². The number of hydrogen-bond acceptors (Lipinski definition) is 5. The molecule has 0 amide bonds. The lowest BCUT2D eigenvalue weighted by Gasteiger charge is -2.23. The zero-order valence-electron chi connectivity index (χ0n) is 15.8. The maximum atomic E-state index is 13.7. The lowest BCUT2D eigenvalue weighted by molar-refractivity contribution is -0.139. The average molecular weight is 418 g/mol. The van der Waals surface area contributed by atoms with E-state index >= 15 is 0 Å². The Bertz CT molecular complexity index is 1080. The molecule has 2 aromatic carbocycles. The minimum atomic E-state index is -3.98. The van der Waals surface area contributed by atoms with Crippen LogP contribution in [0.15, 0.2) is 64.7 Å². The van der Waals surface area contributed by atoms with Crippen LogP contribution in [0.2, 0.25) is 0 Å². The molecule has 1 aliphatic rings. The fourth-order valence-electron chi connectivity index (χ4n) is 2.65. The Hall–Kier alpha value is -3.20. The Morgan fingerprint density at radius 1 is 1.14 bits per heavy atom. The minimum absolute atomic E-state index is 0.00881. The number of rotatable bonds is 6. The van der Waals surface area contributed by atoms with Gasteiger partial charge in [-0.1, -0.05) is 30.3 Å². The lowest BCUT2D eigenvalue weighted by Crippen LogP contribution is -2.31. The number of carbonyl (C=O) groups excluding carboxylic acids is 1. The van der Waals surface area contributed by atoms with Gasteiger partial charge in [-0.15, -0.1) is 4.40 Å². The normalized spacial score (nSPS) is 15.3. The molecule has 1 aliphatic heterocycles. The maximum Gasteiger partial charge on any atom is 0.344 e. The summed E-state index contributed by atoms with van der Waals surface area (Å²) in [7, 11) is -2.45. The van der Waals surface area contributed by atoms with Gasteiger partial charge in [0.05, 0.1) is 24.9 Å². The SMILES string of the molecule is COc1ccc(CN2C=C(C(=O)OCc3ccccc3F)C(C)=NS2(=O)=O)cc1. The third-order valence-corrected chi connectivity index (χ3v) is 5.58. The van der Waals surface area contributed by atoms with Gasteiger partial charge in [-0.05, 0) is 30.7 Å². The molecule has 0 aliphatic carbocycles.